The van der Waals surface area contributed by atoms with Crippen LogP contribution in [0, 0.1) is 0 Å². The lowest BCUT2D eigenvalue weighted by Crippen LogP contribution is -2.41. The SMILES string of the molecule is CN(CC(=O)NC1CCCC1)S(=O)(=O)c1c[nH]c(C(=O)N2CCCC2)c1. The molecule has 144 valence electrons. The maximum Gasteiger partial charge on any atom is 0.270 e. The van der Waals surface area contributed by atoms with E-state index in [1.54, 1.807) is 4.90 Å². The average Bonchev–Trinajstić information content (AvgIpc) is 3.35. The van der Waals surface area contributed by atoms with Crippen LogP contribution in [0.4, 0.5) is 0 Å². The van der Waals surface area contributed by atoms with Crippen LogP contribution in [0.15, 0.2) is 17.2 Å². The fraction of sp³-hybridized carbons (Fsp3) is 0.647. The van der Waals surface area contributed by atoms with Gasteiger partial charge in [-0.25, -0.2) is 8.42 Å². The fourth-order valence-electron chi connectivity index (χ4n) is 3.55. The van der Waals surface area contributed by atoms with Crippen molar-refractivity contribution in [2.45, 2.75) is 49.5 Å². The number of carbonyl (C=O) groups excluding carboxylic acids is 2. The third kappa shape index (κ3) is 4.09. The van der Waals surface area contributed by atoms with Crippen LogP contribution in [0.1, 0.15) is 49.0 Å². The van der Waals surface area contributed by atoms with Crippen molar-refractivity contribution in [3.05, 3.63) is 18.0 Å². The van der Waals surface area contributed by atoms with Gasteiger partial charge in [0.2, 0.25) is 15.9 Å². The lowest BCUT2D eigenvalue weighted by Gasteiger charge is -2.18. The summed E-state index contributed by atoms with van der Waals surface area (Å²) in [5, 5.41) is 2.88. The Bertz CT molecular complexity index is 761. The molecule has 0 aromatic carbocycles. The summed E-state index contributed by atoms with van der Waals surface area (Å²) in [5.41, 5.74) is 0.259. The minimum atomic E-state index is -3.83. The molecule has 0 spiro atoms. The molecule has 2 heterocycles. The first-order valence-corrected chi connectivity index (χ1v) is 10.6. The number of carbonyl (C=O) groups is 2. The Morgan fingerprint density at radius 2 is 1.88 bits per heavy atom. The molecule has 1 saturated carbocycles. The van der Waals surface area contributed by atoms with Crippen LogP contribution in [0.5, 0.6) is 0 Å². The Hall–Kier alpha value is -1.87. The summed E-state index contributed by atoms with van der Waals surface area (Å²) in [6.45, 7) is 1.15. The van der Waals surface area contributed by atoms with Gasteiger partial charge in [-0.1, -0.05) is 12.8 Å². The molecule has 8 nitrogen and oxygen atoms in total. The number of rotatable bonds is 6. The Balaban J connectivity index is 1.63. The Morgan fingerprint density at radius 1 is 1.23 bits per heavy atom. The van der Waals surface area contributed by atoms with Crippen LogP contribution in [0.3, 0.4) is 0 Å². The predicted molar refractivity (Wildman–Crippen MR) is 96.1 cm³/mol. The van der Waals surface area contributed by atoms with E-state index in [2.05, 4.69) is 10.3 Å². The molecule has 2 N–H and O–H groups in total. The molecular formula is C17H26N4O4S. The molecule has 26 heavy (non-hydrogen) atoms. The second kappa shape index (κ2) is 7.79. The Morgan fingerprint density at radius 3 is 2.54 bits per heavy atom. The molecule has 2 fully saturated rings. The van der Waals surface area contributed by atoms with E-state index >= 15 is 0 Å². The second-order valence-corrected chi connectivity index (χ2v) is 9.10. The highest BCUT2D eigenvalue weighted by atomic mass is 32.2. The van der Waals surface area contributed by atoms with Gasteiger partial charge >= 0.3 is 0 Å². The lowest BCUT2D eigenvalue weighted by atomic mass is 10.2. The van der Waals surface area contributed by atoms with Gasteiger partial charge in [-0.3, -0.25) is 9.59 Å². The zero-order valence-electron chi connectivity index (χ0n) is 15.0. The summed E-state index contributed by atoms with van der Waals surface area (Å²) in [6, 6.07) is 1.50. The van der Waals surface area contributed by atoms with Crippen LogP contribution < -0.4 is 5.32 Å². The third-order valence-corrected chi connectivity index (χ3v) is 6.86. The highest BCUT2D eigenvalue weighted by Crippen LogP contribution is 2.19. The van der Waals surface area contributed by atoms with Crippen molar-refractivity contribution in [1.29, 1.82) is 0 Å². The molecule has 1 aromatic rings. The minimum Gasteiger partial charge on any atom is -0.356 e. The monoisotopic (exact) mass is 382 g/mol. The molecular weight excluding hydrogens is 356 g/mol. The number of aromatic amines is 1. The first-order chi connectivity index (χ1) is 12.4. The molecule has 1 saturated heterocycles. The van der Waals surface area contributed by atoms with Crippen LogP contribution in [0.25, 0.3) is 0 Å². The zero-order valence-corrected chi connectivity index (χ0v) is 15.8. The number of nitrogens with zero attached hydrogens (tertiary/aromatic N) is 2. The maximum atomic E-state index is 12.7. The average molecular weight is 382 g/mol. The van der Waals surface area contributed by atoms with E-state index in [9.17, 15) is 18.0 Å². The molecule has 0 radical (unpaired) electrons. The standard InChI is InChI=1S/C17H26N4O4S/c1-20(12-16(22)19-13-6-2-3-7-13)26(24,25)14-10-15(18-11-14)17(23)21-8-4-5-9-21/h10-11,13,18H,2-9,12H2,1H3,(H,19,22). The van der Waals surface area contributed by atoms with Crippen LogP contribution in [0.2, 0.25) is 0 Å². The van der Waals surface area contributed by atoms with Gasteiger partial charge in [-0.15, -0.1) is 0 Å². The first-order valence-electron chi connectivity index (χ1n) is 9.11. The number of sulfonamides is 1. The van der Waals surface area contributed by atoms with Crippen molar-refractivity contribution < 1.29 is 18.0 Å². The lowest BCUT2D eigenvalue weighted by molar-refractivity contribution is -0.121. The number of H-pyrrole nitrogens is 1. The number of likely N-dealkylation sites (tertiary alicyclic amines) is 1. The largest absolute Gasteiger partial charge is 0.356 e. The van der Waals surface area contributed by atoms with Gasteiger partial charge in [0.1, 0.15) is 10.6 Å². The summed E-state index contributed by atoms with van der Waals surface area (Å²) < 4.78 is 26.3. The molecule has 1 aromatic heterocycles. The number of amides is 2. The molecule has 2 amide bonds. The number of likely N-dealkylation sites (N-methyl/N-ethyl adjacent to an activating group) is 1. The molecule has 0 bridgehead atoms. The normalized spacial score (nSPS) is 18.6. The summed E-state index contributed by atoms with van der Waals surface area (Å²) in [5.74, 6) is -0.488. The number of nitrogens with one attached hydrogen (secondary N) is 2. The summed E-state index contributed by atoms with van der Waals surface area (Å²) in [4.78, 5) is 28.9. The molecule has 3 rings (SSSR count). The second-order valence-electron chi connectivity index (χ2n) is 7.06. The van der Waals surface area contributed by atoms with E-state index in [-0.39, 0.29) is 35.0 Å². The van der Waals surface area contributed by atoms with Crippen molar-refractivity contribution in [3.63, 3.8) is 0 Å². The molecule has 1 aliphatic heterocycles. The van der Waals surface area contributed by atoms with Crippen LogP contribution in [-0.4, -0.2) is 67.1 Å². The summed E-state index contributed by atoms with van der Waals surface area (Å²) in [7, 11) is -2.46. The van der Waals surface area contributed by atoms with Gasteiger partial charge in [0.05, 0.1) is 6.54 Å². The first kappa shape index (κ1) is 18.9. The highest BCUT2D eigenvalue weighted by molar-refractivity contribution is 7.89. The molecule has 0 unspecified atom stereocenters. The topological polar surface area (TPSA) is 103 Å². The third-order valence-electron chi connectivity index (χ3n) is 5.07. The number of hydrogen-bond acceptors (Lipinski definition) is 4. The molecule has 0 atom stereocenters. The quantitative estimate of drug-likeness (QED) is 0.764. The number of aromatic nitrogens is 1. The minimum absolute atomic E-state index is 0.00351. The van der Waals surface area contributed by atoms with E-state index in [1.165, 1.54) is 19.3 Å². The van der Waals surface area contributed by atoms with Crippen molar-refractivity contribution >= 4 is 21.8 Å². The van der Waals surface area contributed by atoms with Crippen molar-refractivity contribution in [3.8, 4) is 0 Å². The van der Waals surface area contributed by atoms with Crippen molar-refractivity contribution in [1.82, 2.24) is 19.5 Å². The van der Waals surface area contributed by atoms with Gasteiger partial charge in [-0.05, 0) is 31.7 Å². The molecule has 1 aliphatic carbocycles. The van der Waals surface area contributed by atoms with E-state index < -0.39 is 10.0 Å². The van der Waals surface area contributed by atoms with E-state index in [1.807, 2.05) is 0 Å². The van der Waals surface area contributed by atoms with Gasteiger partial charge in [0, 0.05) is 32.4 Å². The van der Waals surface area contributed by atoms with Crippen molar-refractivity contribution in [2.24, 2.45) is 0 Å². The predicted octanol–water partition coefficient (Wildman–Crippen LogP) is 0.930. The van der Waals surface area contributed by atoms with E-state index in [4.69, 9.17) is 0 Å². The smallest absolute Gasteiger partial charge is 0.270 e. The highest BCUT2D eigenvalue weighted by Gasteiger charge is 2.28. The Labute approximate surface area is 154 Å². The Kier molecular flexibility index (Phi) is 5.67. The van der Waals surface area contributed by atoms with Crippen LogP contribution >= 0.6 is 0 Å². The van der Waals surface area contributed by atoms with Crippen molar-refractivity contribution in [2.75, 3.05) is 26.7 Å². The van der Waals surface area contributed by atoms with E-state index in [0.717, 1.165) is 42.8 Å². The fourth-order valence-corrected chi connectivity index (χ4v) is 4.67. The van der Waals surface area contributed by atoms with Gasteiger partial charge in [0.25, 0.3) is 5.91 Å². The summed E-state index contributed by atoms with van der Waals surface area (Å²) >= 11 is 0. The van der Waals surface area contributed by atoms with Crippen LogP contribution in [-0.2, 0) is 14.8 Å². The summed E-state index contributed by atoms with van der Waals surface area (Å²) in [6.07, 6.45) is 7.33. The van der Waals surface area contributed by atoms with Gasteiger partial charge in [0.15, 0.2) is 0 Å². The molecule has 2 aliphatic rings. The van der Waals surface area contributed by atoms with Gasteiger partial charge in [-0.2, -0.15) is 4.31 Å². The number of hydrogen-bond donors (Lipinski definition) is 2. The maximum absolute atomic E-state index is 12.7. The van der Waals surface area contributed by atoms with E-state index in [0.29, 0.717) is 13.1 Å². The van der Waals surface area contributed by atoms with Gasteiger partial charge < -0.3 is 15.2 Å². The zero-order chi connectivity index (χ0) is 18.7. The molecule has 9 heteroatoms.